The highest BCUT2D eigenvalue weighted by atomic mass is 35.5. The van der Waals surface area contributed by atoms with Crippen molar-refractivity contribution >= 4 is 11.6 Å². The third kappa shape index (κ3) is 5.01. The van der Waals surface area contributed by atoms with E-state index in [1.54, 1.807) is 0 Å². The van der Waals surface area contributed by atoms with Crippen LogP contribution in [0.4, 0.5) is 0 Å². The molecule has 0 radical (unpaired) electrons. The predicted molar refractivity (Wildman–Crippen MR) is 108 cm³/mol. The molecule has 0 spiro atoms. The van der Waals surface area contributed by atoms with Gasteiger partial charge in [-0.1, -0.05) is 57.0 Å². The summed E-state index contributed by atoms with van der Waals surface area (Å²) in [5.74, 6) is 0.768. The highest BCUT2D eigenvalue weighted by Crippen LogP contribution is 2.32. The van der Waals surface area contributed by atoms with Gasteiger partial charge in [-0.3, -0.25) is 5.10 Å². The van der Waals surface area contributed by atoms with Gasteiger partial charge in [-0.05, 0) is 24.6 Å². The Morgan fingerprint density at radius 2 is 1.92 bits per heavy atom. The number of aromatic nitrogens is 2. The first kappa shape index (κ1) is 19.2. The molecule has 1 aromatic carbocycles. The molecule has 0 atom stereocenters. The van der Waals surface area contributed by atoms with Crippen LogP contribution in [0.15, 0.2) is 18.2 Å². The van der Waals surface area contributed by atoms with Gasteiger partial charge >= 0.3 is 0 Å². The highest BCUT2D eigenvalue weighted by molar-refractivity contribution is 6.32. The summed E-state index contributed by atoms with van der Waals surface area (Å²) in [5, 5.41) is 11.7. The van der Waals surface area contributed by atoms with Crippen molar-refractivity contribution in [3.8, 4) is 17.0 Å². The fraction of sp³-hybridized carbons (Fsp3) is 0.571. The lowest BCUT2D eigenvalue weighted by Gasteiger charge is -2.13. The van der Waals surface area contributed by atoms with Crippen LogP contribution in [-0.4, -0.2) is 23.3 Å². The maximum absolute atomic E-state index is 6.45. The summed E-state index contributed by atoms with van der Waals surface area (Å²) in [4.78, 5) is 0. The van der Waals surface area contributed by atoms with Crippen molar-refractivity contribution in [2.45, 2.75) is 64.8 Å². The van der Waals surface area contributed by atoms with Crippen molar-refractivity contribution in [1.29, 1.82) is 0 Å². The first-order valence-electron chi connectivity index (χ1n) is 9.99. The molecule has 3 rings (SSSR count). The van der Waals surface area contributed by atoms with Gasteiger partial charge in [0.15, 0.2) is 0 Å². The lowest BCUT2D eigenvalue weighted by atomic mass is 10.0. The summed E-state index contributed by atoms with van der Waals surface area (Å²) in [6, 6.07) is 5.99. The molecule has 0 fully saturated rings. The summed E-state index contributed by atoms with van der Waals surface area (Å²) in [6.45, 7) is 4.84. The third-order valence-electron chi connectivity index (χ3n) is 5.02. The number of fused-ring (bicyclic) bond motifs is 1. The van der Waals surface area contributed by atoms with E-state index in [1.807, 2.05) is 12.1 Å². The smallest absolute Gasteiger partial charge is 0.137 e. The molecule has 2 N–H and O–H groups in total. The van der Waals surface area contributed by atoms with Gasteiger partial charge in [-0.15, -0.1) is 0 Å². The molecule has 5 heteroatoms. The third-order valence-corrected chi connectivity index (χ3v) is 5.31. The van der Waals surface area contributed by atoms with Crippen LogP contribution in [0.2, 0.25) is 5.02 Å². The summed E-state index contributed by atoms with van der Waals surface area (Å²) in [7, 11) is 0. The molecular weight excluding hydrogens is 346 g/mol. The van der Waals surface area contributed by atoms with Crippen molar-refractivity contribution in [1.82, 2.24) is 15.5 Å². The lowest BCUT2D eigenvalue weighted by Crippen LogP contribution is -2.23. The van der Waals surface area contributed by atoms with Crippen LogP contribution >= 0.6 is 11.6 Å². The van der Waals surface area contributed by atoms with E-state index in [4.69, 9.17) is 16.3 Å². The molecule has 0 aliphatic carbocycles. The van der Waals surface area contributed by atoms with Gasteiger partial charge in [0, 0.05) is 36.3 Å². The van der Waals surface area contributed by atoms with Crippen LogP contribution < -0.4 is 10.1 Å². The van der Waals surface area contributed by atoms with E-state index in [0.717, 1.165) is 49.5 Å². The van der Waals surface area contributed by atoms with E-state index in [0.29, 0.717) is 5.02 Å². The molecule has 1 aliphatic heterocycles. The number of nitrogens with one attached hydrogen (secondary N) is 2. The monoisotopic (exact) mass is 375 g/mol. The van der Waals surface area contributed by atoms with Crippen LogP contribution in [0, 0.1) is 0 Å². The second-order valence-electron chi connectivity index (χ2n) is 7.07. The van der Waals surface area contributed by atoms with Crippen LogP contribution in [0.3, 0.4) is 0 Å². The topological polar surface area (TPSA) is 49.9 Å². The molecule has 1 aliphatic rings. The number of hydrogen-bond donors (Lipinski definition) is 2. The molecule has 142 valence electrons. The number of H-pyrrole nitrogens is 1. The molecule has 2 heterocycles. The van der Waals surface area contributed by atoms with Crippen LogP contribution in [0.1, 0.15) is 63.1 Å². The van der Waals surface area contributed by atoms with E-state index in [-0.39, 0.29) is 0 Å². The zero-order chi connectivity index (χ0) is 18.2. The van der Waals surface area contributed by atoms with Crippen LogP contribution in [0.5, 0.6) is 5.75 Å². The molecule has 0 amide bonds. The van der Waals surface area contributed by atoms with Crippen molar-refractivity contribution < 1.29 is 4.74 Å². The second kappa shape index (κ2) is 9.98. The summed E-state index contributed by atoms with van der Waals surface area (Å²) >= 11 is 6.45. The Morgan fingerprint density at radius 1 is 1.12 bits per heavy atom. The maximum atomic E-state index is 6.45. The average molecular weight is 376 g/mol. The van der Waals surface area contributed by atoms with Crippen molar-refractivity contribution in [3.63, 3.8) is 0 Å². The first-order valence-corrected chi connectivity index (χ1v) is 10.4. The molecule has 2 aromatic rings. The van der Waals surface area contributed by atoms with E-state index in [2.05, 4.69) is 28.5 Å². The number of unbranched alkanes of at least 4 members (excludes halogenated alkanes) is 6. The summed E-state index contributed by atoms with van der Waals surface area (Å²) < 4.78 is 5.88. The molecule has 4 nitrogen and oxygen atoms in total. The number of aromatic amines is 1. The van der Waals surface area contributed by atoms with Crippen molar-refractivity contribution in [2.75, 3.05) is 13.2 Å². The molecule has 0 saturated carbocycles. The van der Waals surface area contributed by atoms with Crippen LogP contribution in [0.25, 0.3) is 11.3 Å². The quantitative estimate of drug-likeness (QED) is 0.538. The average Bonchev–Trinajstić information content (AvgIpc) is 3.09. The Bertz CT molecular complexity index is 699. The lowest BCUT2D eigenvalue weighted by molar-refractivity contribution is 0.304. The standard InChI is InChI=1S/C21H30ClN3O/c1-2-3-4-5-6-7-8-13-26-20-10-9-16(14-18(20)22)21-17-15-23-12-11-19(17)24-25-21/h9-10,14,23H,2-8,11-13,15H2,1H3,(H,24,25). The largest absolute Gasteiger partial charge is 0.492 e. The fourth-order valence-corrected chi connectivity index (χ4v) is 3.71. The minimum Gasteiger partial charge on any atom is -0.492 e. The SMILES string of the molecule is CCCCCCCCCOc1ccc(-c2n[nH]c3c2CNCC3)cc1Cl. The normalized spacial score (nSPS) is 13.6. The maximum Gasteiger partial charge on any atom is 0.137 e. The van der Waals surface area contributed by atoms with Gasteiger partial charge in [-0.2, -0.15) is 5.10 Å². The van der Waals surface area contributed by atoms with E-state index in [9.17, 15) is 0 Å². The van der Waals surface area contributed by atoms with Gasteiger partial charge < -0.3 is 10.1 Å². The van der Waals surface area contributed by atoms with Crippen molar-refractivity contribution in [3.05, 3.63) is 34.5 Å². The molecular formula is C21H30ClN3O. The van der Waals surface area contributed by atoms with E-state index >= 15 is 0 Å². The number of hydrogen-bond acceptors (Lipinski definition) is 3. The zero-order valence-corrected chi connectivity index (χ0v) is 16.5. The van der Waals surface area contributed by atoms with Crippen molar-refractivity contribution in [2.24, 2.45) is 0 Å². The Morgan fingerprint density at radius 3 is 2.73 bits per heavy atom. The Labute approximate surface area is 161 Å². The number of halogens is 1. The van der Waals surface area contributed by atoms with E-state index < -0.39 is 0 Å². The number of nitrogens with zero attached hydrogens (tertiary/aromatic N) is 1. The highest BCUT2D eigenvalue weighted by Gasteiger charge is 2.18. The first-order chi connectivity index (χ1) is 12.8. The van der Waals surface area contributed by atoms with E-state index in [1.165, 1.54) is 49.8 Å². The summed E-state index contributed by atoms with van der Waals surface area (Å²) in [5.41, 5.74) is 4.52. The minimum absolute atomic E-state index is 0.658. The van der Waals surface area contributed by atoms with Gasteiger partial charge in [0.25, 0.3) is 0 Å². The fourth-order valence-electron chi connectivity index (χ4n) is 3.47. The molecule has 1 aromatic heterocycles. The number of rotatable bonds is 10. The van der Waals surface area contributed by atoms with Gasteiger partial charge in [0.2, 0.25) is 0 Å². The van der Waals surface area contributed by atoms with Gasteiger partial charge in [-0.25, -0.2) is 0 Å². The zero-order valence-electron chi connectivity index (χ0n) is 15.7. The van der Waals surface area contributed by atoms with Gasteiger partial charge in [0.1, 0.15) is 5.75 Å². The molecule has 0 saturated heterocycles. The predicted octanol–water partition coefficient (Wildman–Crippen LogP) is 5.51. The van der Waals surface area contributed by atoms with Crippen LogP contribution in [-0.2, 0) is 13.0 Å². The number of benzene rings is 1. The molecule has 0 unspecified atom stereocenters. The van der Waals surface area contributed by atoms with Gasteiger partial charge in [0.05, 0.1) is 17.3 Å². The number of ether oxygens (including phenoxy) is 1. The Kier molecular flexibility index (Phi) is 7.39. The molecule has 0 bridgehead atoms. The Balaban J connectivity index is 1.50. The minimum atomic E-state index is 0.658. The summed E-state index contributed by atoms with van der Waals surface area (Å²) in [6.07, 6.45) is 9.96. The second-order valence-corrected chi connectivity index (χ2v) is 7.48. The Hall–Kier alpha value is -1.52. The molecule has 26 heavy (non-hydrogen) atoms.